The molecule has 1 aliphatic rings. The fourth-order valence-corrected chi connectivity index (χ4v) is 1.97. The molecule has 15 heavy (non-hydrogen) atoms. The van der Waals surface area contributed by atoms with E-state index in [0.717, 1.165) is 29.0 Å². The quantitative estimate of drug-likeness (QED) is 0.761. The number of hydrogen-bond donors (Lipinski definition) is 0. The highest BCUT2D eigenvalue weighted by Crippen LogP contribution is 2.42. The lowest BCUT2D eigenvalue weighted by atomic mass is 10.1. The number of hydrogen-bond acceptors (Lipinski definition) is 3. The molecule has 1 radical (unpaired) electrons. The molecule has 1 aromatic carbocycles. The van der Waals surface area contributed by atoms with E-state index in [2.05, 4.69) is 6.42 Å². The van der Waals surface area contributed by atoms with Crippen LogP contribution in [0.2, 0.25) is 0 Å². The summed E-state index contributed by atoms with van der Waals surface area (Å²) in [5, 5.41) is 0. The van der Waals surface area contributed by atoms with Gasteiger partial charge in [-0.25, -0.2) is 0 Å². The van der Waals surface area contributed by atoms with Crippen molar-refractivity contribution in [3.8, 4) is 11.5 Å². The van der Waals surface area contributed by atoms with Crippen LogP contribution in [0.4, 0.5) is 0 Å². The van der Waals surface area contributed by atoms with E-state index < -0.39 is 0 Å². The smallest absolute Gasteiger partial charge is 0.126 e. The predicted molar refractivity (Wildman–Crippen MR) is 57.3 cm³/mol. The molecule has 1 aliphatic carbocycles. The second-order valence-electron chi connectivity index (χ2n) is 3.50. The van der Waals surface area contributed by atoms with Crippen LogP contribution in [0.1, 0.15) is 23.7 Å². The number of ether oxygens (including phenoxy) is 3. The Bertz CT molecular complexity index is 360. The van der Waals surface area contributed by atoms with Crippen molar-refractivity contribution in [2.45, 2.75) is 12.5 Å². The van der Waals surface area contributed by atoms with Gasteiger partial charge in [0.05, 0.1) is 20.3 Å². The van der Waals surface area contributed by atoms with Crippen molar-refractivity contribution in [2.24, 2.45) is 0 Å². The summed E-state index contributed by atoms with van der Waals surface area (Å²) < 4.78 is 15.9. The van der Waals surface area contributed by atoms with Crippen molar-refractivity contribution in [2.75, 3.05) is 21.3 Å². The minimum atomic E-state index is 0.129. The zero-order chi connectivity index (χ0) is 10.8. The van der Waals surface area contributed by atoms with Gasteiger partial charge in [-0.1, -0.05) is 0 Å². The SMILES string of the molecule is COc1cc(OC)c2c(c1)C(OC)C[CH]2. The van der Waals surface area contributed by atoms with E-state index in [4.69, 9.17) is 14.2 Å². The summed E-state index contributed by atoms with van der Waals surface area (Å²) in [6.07, 6.45) is 3.17. The van der Waals surface area contributed by atoms with Gasteiger partial charge in [0.1, 0.15) is 11.5 Å². The van der Waals surface area contributed by atoms with Crippen molar-refractivity contribution in [1.82, 2.24) is 0 Å². The largest absolute Gasteiger partial charge is 0.497 e. The molecule has 81 valence electrons. The minimum absolute atomic E-state index is 0.129. The lowest BCUT2D eigenvalue weighted by molar-refractivity contribution is 0.109. The van der Waals surface area contributed by atoms with Crippen molar-refractivity contribution >= 4 is 0 Å². The monoisotopic (exact) mass is 207 g/mol. The molecule has 0 aromatic heterocycles. The van der Waals surface area contributed by atoms with E-state index in [1.807, 2.05) is 12.1 Å². The topological polar surface area (TPSA) is 27.7 Å². The molecule has 3 nitrogen and oxygen atoms in total. The van der Waals surface area contributed by atoms with Crippen LogP contribution in [0.25, 0.3) is 0 Å². The molecule has 1 aromatic rings. The zero-order valence-electron chi connectivity index (χ0n) is 9.24. The molecule has 1 unspecified atom stereocenters. The van der Waals surface area contributed by atoms with Crippen molar-refractivity contribution in [3.05, 3.63) is 29.7 Å². The first-order valence-corrected chi connectivity index (χ1v) is 4.92. The summed E-state index contributed by atoms with van der Waals surface area (Å²) in [4.78, 5) is 0. The van der Waals surface area contributed by atoms with Gasteiger partial charge in [0.25, 0.3) is 0 Å². The highest BCUT2D eigenvalue weighted by atomic mass is 16.5. The van der Waals surface area contributed by atoms with Gasteiger partial charge < -0.3 is 14.2 Å². The number of fused-ring (bicyclic) bond motifs is 1. The molecule has 0 heterocycles. The normalized spacial score (nSPS) is 18.7. The summed E-state index contributed by atoms with van der Waals surface area (Å²) in [5.74, 6) is 1.66. The van der Waals surface area contributed by atoms with Gasteiger partial charge in [-0.05, 0) is 24.5 Å². The summed E-state index contributed by atoms with van der Waals surface area (Å²) in [6.45, 7) is 0. The van der Waals surface area contributed by atoms with Crippen LogP contribution < -0.4 is 9.47 Å². The highest BCUT2D eigenvalue weighted by molar-refractivity contribution is 5.54. The molecular formula is C12H15O3. The molecule has 0 amide bonds. The Balaban J connectivity index is 2.48. The van der Waals surface area contributed by atoms with Crippen LogP contribution >= 0.6 is 0 Å². The van der Waals surface area contributed by atoms with E-state index in [-0.39, 0.29) is 6.10 Å². The highest BCUT2D eigenvalue weighted by Gasteiger charge is 2.26. The van der Waals surface area contributed by atoms with Crippen LogP contribution in [0.5, 0.6) is 11.5 Å². The van der Waals surface area contributed by atoms with E-state index in [0.29, 0.717) is 0 Å². The lowest BCUT2D eigenvalue weighted by Crippen LogP contribution is -1.98. The van der Waals surface area contributed by atoms with Crippen LogP contribution in [0, 0.1) is 6.42 Å². The van der Waals surface area contributed by atoms with E-state index in [1.165, 1.54) is 0 Å². The molecule has 0 bridgehead atoms. The first kappa shape index (κ1) is 10.3. The molecule has 2 rings (SSSR count). The number of rotatable bonds is 3. The molecule has 0 spiro atoms. The Labute approximate surface area is 90.0 Å². The third-order valence-corrected chi connectivity index (χ3v) is 2.77. The van der Waals surface area contributed by atoms with Crippen LogP contribution in [-0.2, 0) is 4.74 Å². The van der Waals surface area contributed by atoms with Crippen molar-refractivity contribution < 1.29 is 14.2 Å². The standard InChI is InChI=1S/C12H15O3/c1-13-8-6-10-9(12(7-8)15-3)4-5-11(10)14-2/h4,6-7,11H,5H2,1-3H3. The number of methoxy groups -OCH3 is 3. The summed E-state index contributed by atoms with van der Waals surface area (Å²) in [5.41, 5.74) is 2.28. The molecule has 0 saturated carbocycles. The molecule has 3 heteroatoms. The van der Waals surface area contributed by atoms with Gasteiger partial charge in [-0.3, -0.25) is 0 Å². The molecule has 0 aliphatic heterocycles. The van der Waals surface area contributed by atoms with Gasteiger partial charge in [-0.2, -0.15) is 0 Å². The molecule has 0 N–H and O–H groups in total. The Morgan fingerprint density at radius 2 is 1.93 bits per heavy atom. The maximum absolute atomic E-state index is 5.39. The molecule has 0 saturated heterocycles. The molecule has 0 fully saturated rings. The summed E-state index contributed by atoms with van der Waals surface area (Å²) in [6, 6.07) is 3.91. The van der Waals surface area contributed by atoms with Gasteiger partial charge in [0, 0.05) is 18.7 Å². The minimum Gasteiger partial charge on any atom is -0.497 e. The fourth-order valence-electron chi connectivity index (χ4n) is 1.97. The van der Waals surface area contributed by atoms with E-state index in [1.54, 1.807) is 21.3 Å². The Kier molecular flexibility index (Phi) is 2.82. The maximum atomic E-state index is 5.39. The summed E-state index contributed by atoms with van der Waals surface area (Å²) in [7, 11) is 5.05. The second-order valence-corrected chi connectivity index (χ2v) is 3.50. The van der Waals surface area contributed by atoms with Crippen molar-refractivity contribution in [3.63, 3.8) is 0 Å². The zero-order valence-corrected chi connectivity index (χ0v) is 9.24. The van der Waals surface area contributed by atoms with Crippen LogP contribution in [0.15, 0.2) is 12.1 Å². The van der Waals surface area contributed by atoms with Gasteiger partial charge in [0.2, 0.25) is 0 Å². The average Bonchev–Trinajstić information content (AvgIpc) is 2.70. The second kappa shape index (κ2) is 4.11. The average molecular weight is 207 g/mol. The molecular weight excluding hydrogens is 192 g/mol. The first-order chi connectivity index (χ1) is 7.30. The van der Waals surface area contributed by atoms with Gasteiger partial charge in [-0.15, -0.1) is 0 Å². The van der Waals surface area contributed by atoms with E-state index >= 15 is 0 Å². The van der Waals surface area contributed by atoms with Gasteiger partial charge in [0.15, 0.2) is 0 Å². The Morgan fingerprint density at radius 1 is 1.13 bits per heavy atom. The Hall–Kier alpha value is -1.22. The maximum Gasteiger partial charge on any atom is 0.126 e. The van der Waals surface area contributed by atoms with Gasteiger partial charge >= 0.3 is 0 Å². The third-order valence-electron chi connectivity index (χ3n) is 2.77. The Morgan fingerprint density at radius 3 is 2.53 bits per heavy atom. The predicted octanol–water partition coefficient (Wildman–Crippen LogP) is 2.35. The van der Waals surface area contributed by atoms with E-state index in [9.17, 15) is 0 Å². The number of benzene rings is 1. The van der Waals surface area contributed by atoms with Crippen LogP contribution in [0.3, 0.4) is 0 Å². The van der Waals surface area contributed by atoms with Crippen LogP contribution in [-0.4, -0.2) is 21.3 Å². The summed E-state index contributed by atoms with van der Waals surface area (Å²) >= 11 is 0. The lowest BCUT2D eigenvalue weighted by Gasteiger charge is -2.13. The third kappa shape index (κ3) is 1.67. The first-order valence-electron chi connectivity index (χ1n) is 4.92. The fraction of sp³-hybridized carbons (Fsp3) is 0.417. The molecule has 1 atom stereocenters. The van der Waals surface area contributed by atoms with Crippen molar-refractivity contribution in [1.29, 1.82) is 0 Å².